The summed E-state index contributed by atoms with van der Waals surface area (Å²) in [6.45, 7) is 11.8. The largest absolute Gasteiger partial charge is 0.409 e. The summed E-state index contributed by atoms with van der Waals surface area (Å²) >= 11 is 0. The summed E-state index contributed by atoms with van der Waals surface area (Å²) in [5, 5.41) is 15.1. The third kappa shape index (κ3) is 9.73. The number of nitrogens with zero attached hydrogens (tertiary/aromatic N) is 1. The van der Waals surface area contributed by atoms with Gasteiger partial charge in [-0.2, -0.15) is 0 Å². The Morgan fingerprint density at radius 2 is 2.00 bits per heavy atom. The summed E-state index contributed by atoms with van der Waals surface area (Å²) in [5.74, 6) is 0.906. The van der Waals surface area contributed by atoms with Gasteiger partial charge >= 0.3 is 0 Å². The maximum Gasteiger partial charge on any atom is 0.144 e. The molecular weight excluding hydrogens is 242 g/mol. The lowest BCUT2D eigenvalue weighted by Gasteiger charge is -2.22. The van der Waals surface area contributed by atoms with Crippen LogP contribution in [-0.4, -0.2) is 37.3 Å². The third-order valence-electron chi connectivity index (χ3n) is 3.08. The fourth-order valence-corrected chi connectivity index (χ4v) is 1.67. The number of hydrogen-bond acceptors (Lipinski definition) is 4. The van der Waals surface area contributed by atoms with Gasteiger partial charge in [0.25, 0.3) is 0 Å². The summed E-state index contributed by atoms with van der Waals surface area (Å²) in [4.78, 5) is 0. The van der Waals surface area contributed by atoms with Gasteiger partial charge in [-0.3, -0.25) is 0 Å². The van der Waals surface area contributed by atoms with Gasteiger partial charge in [-0.1, -0.05) is 39.3 Å². The Bertz CT molecular complexity index is 253. The van der Waals surface area contributed by atoms with E-state index < -0.39 is 0 Å². The lowest BCUT2D eigenvalue weighted by atomic mass is 9.86. The van der Waals surface area contributed by atoms with Crippen LogP contribution in [0.25, 0.3) is 0 Å². The summed E-state index contributed by atoms with van der Waals surface area (Å²) in [5.41, 5.74) is 5.41. The maximum atomic E-state index is 8.67. The van der Waals surface area contributed by atoms with Gasteiger partial charge in [0.15, 0.2) is 0 Å². The molecule has 0 aliphatic rings. The molecule has 0 amide bonds. The number of hydrogen-bond donors (Lipinski definition) is 3. The van der Waals surface area contributed by atoms with E-state index in [1.165, 1.54) is 0 Å². The first-order chi connectivity index (χ1) is 8.90. The number of amidine groups is 1. The molecule has 0 rings (SSSR count). The molecule has 0 aromatic heterocycles. The van der Waals surface area contributed by atoms with Crippen molar-refractivity contribution >= 4 is 5.84 Å². The fourth-order valence-electron chi connectivity index (χ4n) is 1.67. The van der Waals surface area contributed by atoms with E-state index in [1.807, 2.05) is 13.8 Å². The van der Waals surface area contributed by atoms with Crippen LogP contribution in [-0.2, 0) is 4.74 Å². The Hall–Kier alpha value is -0.810. The molecule has 0 spiro atoms. The molecule has 0 aromatic rings. The highest BCUT2D eigenvalue weighted by atomic mass is 16.5. The van der Waals surface area contributed by atoms with E-state index in [1.54, 1.807) is 0 Å². The van der Waals surface area contributed by atoms with Crippen molar-refractivity contribution in [2.75, 3.05) is 26.3 Å². The van der Waals surface area contributed by atoms with Crippen molar-refractivity contribution in [2.24, 2.45) is 22.2 Å². The van der Waals surface area contributed by atoms with E-state index in [9.17, 15) is 0 Å². The molecular formula is C14H31N3O2. The van der Waals surface area contributed by atoms with Gasteiger partial charge in [-0.15, -0.1) is 0 Å². The summed E-state index contributed by atoms with van der Waals surface area (Å²) < 4.78 is 5.48. The molecule has 0 unspecified atom stereocenters. The summed E-state index contributed by atoms with van der Waals surface area (Å²) in [6.07, 6.45) is 3.07. The second-order valence-corrected chi connectivity index (χ2v) is 6.04. The minimum absolute atomic E-state index is 0.227. The first kappa shape index (κ1) is 18.2. The zero-order valence-corrected chi connectivity index (χ0v) is 12.9. The zero-order valence-electron chi connectivity index (χ0n) is 12.9. The Morgan fingerprint density at radius 3 is 2.58 bits per heavy atom. The molecule has 0 saturated carbocycles. The van der Waals surface area contributed by atoms with Crippen LogP contribution in [0, 0.1) is 11.3 Å². The van der Waals surface area contributed by atoms with Crippen molar-refractivity contribution in [3.05, 3.63) is 0 Å². The number of unbranched alkanes of at least 4 members (excludes halogenated alkanes) is 1. The minimum Gasteiger partial charge on any atom is -0.409 e. The van der Waals surface area contributed by atoms with Gasteiger partial charge in [0.05, 0.1) is 6.61 Å². The highest BCUT2D eigenvalue weighted by molar-refractivity contribution is 5.85. The number of nitrogens with two attached hydrogens (primary N) is 1. The molecule has 114 valence electrons. The fraction of sp³-hybridized carbons (Fsp3) is 0.929. The number of oxime groups is 1. The number of rotatable bonds is 11. The van der Waals surface area contributed by atoms with Crippen molar-refractivity contribution < 1.29 is 9.94 Å². The SMILES string of the molecule is CC(C)COCCNCCCCC(C)(C)C(N)=NO. The van der Waals surface area contributed by atoms with E-state index in [-0.39, 0.29) is 5.41 Å². The highest BCUT2D eigenvalue weighted by Crippen LogP contribution is 2.22. The molecule has 0 radical (unpaired) electrons. The molecule has 0 aliphatic heterocycles. The Kier molecular flexibility index (Phi) is 9.61. The second-order valence-electron chi connectivity index (χ2n) is 6.04. The molecule has 5 heteroatoms. The predicted octanol–water partition coefficient (Wildman–Crippen LogP) is 2.19. The van der Waals surface area contributed by atoms with E-state index >= 15 is 0 Å². The van der Waals surface area contributed by atoms with Gasteiger partial charge in [0.2, 0.25) is 0 Å². The van der Waals surface area contributed by atoms with E-state index in [0.717, 1.165) is 45.6 Å². The van der Waals surface area contributed by atoms with Gasteiger partial charge < -0.3 is 21.0 Å². The van der Waals surface area contributed by atoms with Crippen LogP contribution < -0.4 is 11.1 Å². The minimum atomic E-state index is -0.227. The summed E-state index contributed by atoms with van der Waals surface area (Å²) in [6, 6.07) is 0. The molecule has 0 fully saturated rings. The topological polar surface area (TPSA) is 79.9 Å². The standard InChI is InChI=1S/C14H31N3O2/c1-12(2)11-19-10-9-16-8-6-5-7-14(3,4)13(15)17-18/h12,16,18H,5-11H2,1-4H3,(H2,15,17). The van der Waals surface area contributed by atoms with Crippen LogP contribution in [0.5, 0.6) is 0 Å². The van der Waals surface area contributed by atoms with Crippen LogP contribution >= 0.6 is 0 Å². The van der Waals surface area contributed by atoms with E-state index in [2.05, 4.69) is 24.3 Å². The molecule has 19 heavy (non-hydrogen) atoms. The molecule has 0 saturated heterocycles. The van der Waals surface area contributed by atoms with E-state index in [4.69, 9.17) is 15.7 Å². The second kappa shape index (κ2) is 10.0. The molecule has 5 nitrogen and oxygen atoms in total. The van der Waals surface area contributed by atoms with E-state index in [0.29, 0.717) is 11.8 Å². The Morgan fingerprint density at radius 1 is 1.32 bits per heavy atom. The normalized spacial score (nSPS) is 13.2. The third-order valence-corrected chi connectivity index (χ3v) is 3.08. The predicted molar refractivity (Wildman–Crippen MR) is 79.6 cm³/mol. The molecule has 0 aromatic carbocycles. The zero-order chi connectivity index (χ0) is 14.7. The molecule has 0 heterocycles. The average molecular weight is 273 g/mol. The van der Waals surface area contributed by atoms with Crippen LogP contribution in [0.3, 0.4) is 0 Å². The van der Waals surface area contributed by atoms with Crippen LogP contribution in [0.2, 0.25) is 0 Å². The van der Waals surface area contributed by atoms with Crippen LogP contribution in [0.4, 0.5) is 0 Å². The first-order valence-corrected chi connectivity index (χ1v) is 7.16. The Labute approximate surface area is 117 Å². The van der Waals surface area contributed by atoms with Crippen LogP contribution in [0.1, 0.15) is 47.0 Å². The van der Waals surface area contributed by atoms with Crippen LogP contribution in [0.15, 0.2) is 5.16 Å². The van der Waals surface area contributed by atoms with Gasteiger partial charge in [-0.05, 0) is 25.3 Å². The number of ether oxygens (including phenoxy) is 1. The maximum absolute atomic E-state index is 8.67. The lowest BCUT2D eigenvalue weighted by molar-refractivity contribution is 0.112. The highest BCUT2D eigenvalue weighted by Gasteiger charge is 2.22. The Balaban J connectivity index is 3.41. The molecule has 0 aliphatic carbocycles. The molecule has 0 atom stereocenters. The van der Waals surface area contributed by atoms with Crippen molar-refractivity contribution in [2.45, 2.75) is 47.0 Å². The summed E-state index contributed by atoms with van der Waals surface area (Å²) in [7, 11) is 0. The van der Waals surface area contributed by atoms with Crippen molar-refractivity contribution in [1.82, 2.24) is 5.32 Å². The van der Waals surface area contributed by atoms with Gasteiger partial charge in [-0.25, -0.2) is 0 Å². The lowest BCUT2D eigenvalue weighted by Crippen LogP contribution is -2.32. The quantitative estimate of drug-likeness (QED) is 0.177. The average Bonchev–Trinajstić information content (AvgIpc) is 2.35. The first-order valence-electron chi connectivity index (χ1n) is 7.16. The van der Waals surface area contributed by atoms with Gasteiger partial charge in [0, 0.05) is 18.6 Å². The molecule has 0 bridgehead atoms. The smallest absolute Gasteiger partial charge is 0.144 e. The van der Waals surface area contributed by atoms with Gasteiger partial charge in [0.1, 0.15) is 5.84 Å². The van der Waals surface area contributed by atoms with Crippen molar-refractivity contribution in [3.63, 3.8) is 0 Å². The molecule has 4 N–H and O–H groups in total. The number of nitrogens with one attached hydrogen (secondary N) is 1. The van der Waals surface area contributed by atoms with Crippen molar-refractivity contribution in [1.29, 1.82) is 0 Å². The van der Waals surface area contributed by atoms with Crippen molar-refractivity contribution in [3.8, 4) is 0 Å². The monoisotopic (exact) mass is 273 g/mol.